The van der Waals surface area contributed by atoms with Crippen molar-refractivity contribution in [3.8, 4) is 0 Å². The third-order valence-electron chi connectivity index (χ3n) is 2.31. The van der Waals surface area contributed by atoms with Crippen LogP contribution in [0.1, 0.15) is 29.4 Å². The first-order valence-electron chi connectivity index (χ1n) is 5.51. The van der Waals surface area contributed by atoms with Crippen molar-refractivity contribution >= 4 is 11.7 Å². The Morgan fingerprint density at radius 3 is 2.63 bits per heavy atom. The summed E-state index contributed by atoms with van der Waals surface area (Å²) in [6.07, 6.45) is -4.91. The number of pyridine rings is 1. The number of nitrogens with zero attached hydrogens (tertiary/aromatic N) is 1. The number of halogens is 3. The molecule has 0 saturated carbocycles. The van der Waals surface area contributed by atoms with Crippen LogP contribution in [0, 0.1) is 0 Å². The molecule has 0 aliphatic rings. The topological polar surface area (TPSA) is 88.2 Å². The third kappa shape index (κ3) is 4.40. The standard InChI is InChI=1S/C11H14F3N3O2/c1-6(18)4-5-16-10-7(9(15)19)2-3-8(17-10)11(12,13)14/h2-3,6,18H,4-5H2,1H3,(H2,15,19)(H,16,17). The molecule has 0 saturated heterocycles. The van der Waals surface area contributed by atoms with Crippen LogP contribution in [0.25, 0.3) is 0 Å². The highest BCUT2D eigenvalue weighted by molar-refractivity contribution is 5.97. The van der Waals surface area contributed by atoms with Gasteiger partial charge in [0.1, 0.15) is 11.5 Å². The molecule has 0 fully saturated rings. The van der Waals surface area contributed by atoms with Gasteiger partial charge in [-0.05, 0) is 25.5 Å². The second kappa shape index (κ2) is 5.87. The smallest absolute Gasteiger partial charge is 0.393 e. The number of hydrogen-bond donors (Lipinski definition) is 3. The highest BCUT2D eigenvalue weighted by Gasteiger charge is 2.33. The number of primary amides is 1. The van der Waals surface area contributed by atoms with Crippen molar-refractivity contribution in [1.29, 1.82) is 0 Å². The molecule has 1 atom stereocenters. The summed E-state index contributed by atoms with van der Waals surface area (Å²) in [7, 11) is 0. The summed E-state index contributed by atoms with van der Waals surface area (Å²) in [6.45, 7) is 1.71. The number of nitrogens with two attached hydrogens (primary N) is 1. The summed E-state index contributed by atoms with van der Waals surface area (Å²) in [4.78, 5) is 14.4. The summed E-state index contributed by atoms with van der Waals surface area (Å²) in [6, 6.07) is 1.67. The predicted molar refractivity (Wildman–Crippen MR) is 62.5 cm³/mol. The van der Waals surface area contributed by atoms with Crippen molar-refractivity contribution in [3.63, 3.8) is 0 Å². The first-order valence-corrected chi connectivity index (χ1v) is 5.51. The molecule has 0 spiro atoms. The number of hydrogen-bond acceptors (Lipinski definition) is 4. The lowest BCUT2D eigenvalue weighted by atomic mass is 10.2. The average molecular weight is 277 g/mol. The largest absolute Gasteiger partial charge is 0.433 e. The zero-order valence-corrected chi connectivity index (χ0v) is 10.2. The molecule has 1 unspecified atom stereocenters. The van der Waals surface area contributed by atoms with E-state index >= 15 is 0 Å². The fraction of sp³-hybridized carbons (Fsp3) is 0.455. The van der Waals surface area contributed by atoms with E-state index in [1.165, 1.54) is 6.92 Å². The maximum atomic E-state index is 12.5. The van der Waals surface area contributed by atoms with Crippen LogP contribution in [-0.2, 0) is 6.18 Å². The number of aliphatic hydroxyl groups excluding tert-OH is 1. The Kier molecular flexibility index (Phi) is 4.71. The first-order chi connectivity index (χ1) is 8.71. The van der Waals surface area contributed by atoms with E-state index in [9.17, 15) is 18.0 Å². The van der Waals surface area contributed by atoms with Gasteiger partial charge in [-0.2, -0.15) is 13.2 Å². The number of aromatic nitrogens is 1. The Morgan fingerprint density at radius 1 is 1.53 bits per heavy atom. The molecule has 1 aromatic rings. The molecule has 1 aromatic heterocycles. The van der Waals surface area contributed by atoms with E-state index in [-0.39, 0.29) is 17.9 Å². The third-order valence-corrected chi connectivity index (χ3v) is 2.31. The van der Waals surface area contributed by atoms with Crippen LogP contribution < -0.4 is 11.1 Å². The van der Waals surface area contributed by atoms with Gasteiger partial charge >= 0.3 is 6.18 Å². The lowest BCUT2D eigenvalue weighted by Crippen LogP contribution is -2.19. The van der Waals surface area contributed by atoms with Gasteiger partial charge in [0.2, 0.25) is 0 Å². The van der Waals surface area contributed by atoms with Crippen molar-refractivity contribution < 1.29 is 23.1 Å². The molecule has 0 aliphatic heterocycles. The van der Waals surface area contributed by atoms with E-state index in [1.807, 2.05) is 0 Å². The van der Waals surface area contributed by atoms with Gasteiger partial charge < -0.3 is 16.2 Å². The van der Waals surface area contributed by atoms with E-state index in [1.54, 1.807) is 0 Å². The van der Waals surface area contributed by atoms with Gasteiger partial charge in [0.15, 0.2) is 0 Å². The van der Waals surface area contributed by atoms with Crippen LogP contribution in [0.15, 0.2) is 12.1 Å². The Hall–Kier alpha value is -1.83. The van der Waals surface area contributed by atoms with Crippen LogP contribution >= 0.6 is 0 Å². The summed E-state index contributed by atoms with van der Waals surface area (Å²) in [5, 5.41) is 11.6. The zero-order chi connectivity index (χ0) is 14.6. The zero-order valence-electron chi connectivity index (χ0n) is 10.2. The fourth-order valence-corrected chi connectivity index (χ4v) is 1.35. The van der Waals surface area contributed by atoms with Gasteiger partial charge in [0.25, 0.3) is 5.91 Å². The number of amides is 1. The van der Waals surface area contributed by atoms with Gasteiger partial charge in [0, 0.05) is 6.54 Å². The quantitative estimate of drug-likeness (QED) is 0.758. The molecule has 1 amide bonds. The Labute approximate surface area is 107 Å². The number of rotatable bonds is 5. The van der Waals surface area contributed by atoms with Crippen molar-refractivity contribution in [2.24, 2.45) is 5.73 Å². The summed E-state index contributed by atoms with van der Waals surface area (Å²) >= 11 is 0. The molecule has 0 aromatic carbocycles. The molecular weight excluding hydrogens is 263 g/mol. The average Bonchev–Trinajstić information content (AvgIpc) is 2.26. The van der Waals surface area contributed by atoms with E-state index in [0.717, 1.165) is 6.07 Å². The number of nitrogens with one attached hydrogen (secondary N) is 1. The van der Waals surface area contributed by atoms with E-state index in [4.69, 9.17) is 10.8 Å². The molecule has 8 heteroatoms. The maximum Gasteiger partial charge on any atom is 0.433 e. The molecule has 0 bridgehead atoms. The molecule has 1 heterocycles. The predicted octanol–water partition coefficient (Wildman–Crippen LogP) is 1.38. The molecule has 0 aliphatic carbocycles. The van der Waals surface area contributed by atoms with Gasteiger partial charge in [-0.15, -0.1) is 0 Å². The lowest BCUT2D eigenvalue weighted by molar-refractivity contribution is -0.141. The van der Waals surface area contributed by atoms with Gasteiger partial charge in [0.05, 0.1) is 11.7 Å². The van der Waals surface area contributed by atoms with Crippen molar-refractivity contribution in [1.82, 2.24) is 4.98 Å². The molecule has 106 valence electrons. The summed E-state index contributed by atoms with van der Waals surface area (Å²) in [5.74, 6) is -1.11. The minimum atomic E-state index is -4.60. The van der Waals surface area contributed by atoms with Crippen LogP contribution in [0.4, 0.5) is 19.0 Å². The van der Waals surface area contributed by atoms with E-state index in [2.05, 4.69) is 10.3 Å². The molecule has 5 nitrogen and oxygen atoms in total. The second-order valence-electron chi connectivity index (χ2n) is 4.02. The highest BCUT2D eigenvalue weighted by Crippen LogP contribution is 2.29. The van der Waals surface area contributed by atoms with Crippen molar-refractivity contribution in [3.05, 3.63) is 23.4 Å². The normalized spacial score (nSPS) is 13.1. The van der Waals surface area contributed by atoms with Gasteiger partial charge in [-0.1, -0.05) is 0 Å². The molecular formula is C11H14F3N3O2. The molecule has 19 heavy (non-hydrogen) atoms. The summed E-state index contributed by atoms with van der Waals surface area (Å²) < 4.78 is 37.5. The Balaban J connectivity index is 2.99. The van der Waals surface area contributed by atoms with E-state index in [0.29, 0.717) is 12.5 Å². The Bertz CT molecular complexity index is 461. The van der Waals surface area contributed by atoms with Crippen LogP contribution in [0.5, 0.6) is 0 Å². The number of carbonyl (C=O) groups excluding carboxylic acids is 1. The fourth-order valence-electron chi connectivity index (χ4n) is 1.35. The number of aliphatic hydroxyl groups is 1. The number of alkyl halides is 3. The molecule has 4 N–H and O–H groups in total. The van der Waals surface area contributed by atoms with Crippen LogP contribution in [0.3, 0.4) is 0 Å². The van der Waals surface area contributed by atoms with Crippen LogP contribution in [-0.4, -0.2) is 28.6 Å². The van der Waals surface area contributed by atoms with Crippen molar-refractivity contribution in [2.75, 3.05) is 11.9 Å². The second-order valence-corrected chi connectivity index (χ2v) is 4.02. The monoisotopic (exact) mass is 277 g/mol. The highest BCUT2D eigenvalue weighted by atomic mass is 19.4. The minimum absolute atomic E-state index is 0.126. The SMILES string of the molecule is CC(O)CCNc1nc(C(F)(F)F)ccc1C(N)=O. The van der Waals surface area contributed by atoms with Gasteiger partial charge in [-0.3, -0.25) is 4.79 Å². The first kappa shape index (κ1) is 15.2. The van der Waals surface area contributed by atoms with Crippen LogP contribution in [0.2, 0.25) is 0 Å². The minimum Gasteiger partial charge on any atom is -0.393 e. The van der Waals surface area contributed by atoms with Crippen molar-refractivity contribution in [2.45, 2.75) is 25.6 Å². The summed E-state index contributed by atoms with van der Waals surface area (Å²) in [5.41, 5.74) is 3.82. The lowest BCUT2D eigenvalue weighted by Gasteiger charge is -2.13. The number of anilines is 1. The van der Waals surface area contributed by atoms with Gasteiger partial charge in [-0.25, -0.2) is 4.98 Å². The van der Waals surface area contributed by atoms with E-state index < -0.39 is 23.9 Å². The molecule has 0 radical (unpaired) electrons. The Morgan fingerprint density at radius 2 is 2.16 bits per heavy atom. The molecule has 1 rings (SSSR count). The number of carbonyl (C=O) groups is 1. The maximum absolute atomic E-state index is 12.5.